The summed E-state index contributed by atoms with van der Waals surface area (Å²) in [5.41, 5.74) is 0.878. The molecule has 0 spiro atoms. The van der Waals surface area contributed by atoms with E-state index in [-0.39, 0.29) is 11.7 Å². The molecule has 2 heterocycles. The maximum absolute atomic E-state index is 12.8. The maximum Gasteiger partial charge on any atom is 0.286 e. The van der Waals surface area contributed by atoms with Gasteiger partial charge in [-0.15, -0.1) is 0 Å². The first kappa shape index (κ1) is 15.0. The van der Waals surface area contributed by atoms with Crippen LogP contribution < -0.4 is 0 Å². The first-order valence-electron chi connectivity index (χ1n) is 7.00. The Bertz CT molecular complexity index is 647. The third kappa shape index (κ3) is 3.64. The molecular weight excluding hydrogens is 303 g/mol. The van der Waals surface area contributed by atoms with Crippen molar-refractivity contribution in [3.05, 3.63) is 52.7 Å². The molecule has 1 fully saturated rings. The van der Waals surface area contributed by atoms with Gasteiger partial charge in [0.25, 0.3) is 5.91 Å². The molecule has 0 atom stereocenters. The van der Waals surface area contributed by atoms with Crippen molar-refractivity contribution in [2.75, 3.05) is 26.3 Å². The molecule has 0 radical (unpaired) electrons. The van der Waals surface area contributed by atoms with Gasteiger partial charge in [0.1, 0.15) is 5.82 Å². The van der Waals surface area contributed by atoms with Gasteiger partial charge >= 0.3 is 0 Å². The monoisotopic (exact) mass is 318 g/mol. The van der Waals surface area contributed by atoms with Crippen molar-refractivity contribution < 1.29 is 13.9 Å². The summed E-state index contributed by atoms with van der Waals surface area (Å²) in [6, 6.07) is 6.18. The highest BCUT2D eigenvalue weighted by atomic mass is 32.2. The van der Waals surface area contributed by atoms with Gasteiger partial charge in [0.05, 0.1) is 18.1 Å². The summed E-state index contributed by atoms with van der Waals surface area (Å²) in [5.74, 6) is -0.476. The molecule has 1 aromatic carbocycles. The number of carbonyl (C=O) groups excluding carboxylic acids is 1. The highest BCUT2D eigenvalue weighted by Gasteiger charge is 2.26. The standard InChI is InChI=1S/C16H15FN2O2S/c17-13-6-4-12(5-7-13)2-1-3-14-15(20)18-16(22-14)19-8-10-21-11-9-19/h1-7H,8-11H2. The zero-order valence-electron chi connectivity index (χ0n) is 11.9. The van der Waals surface area contributed by atoms with E-state index < -0.39 is 0 Å². The number of carbonyl (C=O) groups is 1. The van der Waals surface area contributed by atoms with Crippen molar-refractivity contribution in [2.45, 2.75) is 0 Å². The topological polar surface area (TPSA) is 41.9 Å². The molecule has 0 N–H and O–H groups in total. The molecule has 22 heavy (non-hydrogen) atoms. The number of ether oxygens (including phenoxy) is 1. The average Bonchev–Trinajstić information content (AvgIpc) is 2.91. The normalized spacial score (nSPS) is 21.0. The summed E-state index contributed by atoms with van der Waals surface area (Å²) in [6.07, 6.45) is 5.35. The Kier molecular flexibility index (Phi) is 4.70. The fraction of sp³-hybridized carbons (Fsp3) is 0.250. The van der Waals surface area contributed by atoms with Crippen LogP contribution in [0.2, 0.25) is 0 Å². The van der Waals surface area contributed by atoms with E-state index in [9.17, 15) is 9.18 Å². The van der Waals surface area contributed by atoms with Gasteiger partial charge in [0.2, 0.25) is 0 Å². The van der Waals surface area contributed by atoms with E-state index in [0.29, 0.717) is 18.1 Å². The number of benzene rings is 1. The Morgan fingerprint density at radius 3 is 2.68 bits per heavy atom. The molecule has 3 rings (SSSR count). The summed E-state index contributed by atoms with van der Waals surface area (Å²) in [5, 5.41) is 0.745. The third-order valence-corrected chi connectivity index (χ3v) is 4.36. The lowest BCUT2D eigenvalue weighted by atomic mass is 10.2. The number of hydrogen-bond acceptors (Lipinski definition) is 4. The molecule has 0 bridgehead atoms. The van der Waals surface area contributed by atoms with Crippen LogP contribution in [0.3, 0.4) is 0 Å². The summed E-state index contributed by atoms with van der Waals surface area (Å²) < 4.78 is 18.1. The van der Waals surface area contributed by atoms with Crippen molar-refractivity contribution in [1.29, 1.82) is 0 Å². The molecule has 0 unspecified atom stereocenters. The van der Waals surface area contributed by atoms with E-state index in [2.05, 4.69) is 9.89 Å². The van der Waals surface area contributed by atoms with Gasteiger partial charge in [-0.1, -0.05) is 24.3 Å². The number of nitrogens with zero attached hydrogens (tertiary/aromatic N) is 2. The first-order chi connectivity index (χ1) is 10.7. The molecular formula is C16H15FN2O2S. The molecule has 114 valence electrons. The van der Waals surface area contributed by atoms with Crippen LogP contribution in [0.25, 0.3) is 6.08 Å². The number of hydrogen-bond donors (Lipinski definition) is 0. The molecule has 0 aromatic heterocycles. The minimum absolute atomic E-state index is 0.213. The van der Waals surface area contributed by atoms with E-state index >= 15 is 0 Å². The van der Waals surface area contributed by atoms with Crippen molar-refractivity contribution in [2.24, 2.45) is 4.99 Å². The lowest BCUT2D eigenvalue weighted by molar-refractivity contribution is -0.113. The van der Waals surface area contributed by atoms with Crippen molar-refractivity contribution in [1.82, 2.24) is 4.90 Å². The number of allylic oxidation sites excluding steroid dienone is 2. The fourth-order valence-electron chi connectivity index (χ4n) is 2.12. The van der Waals surface area contributed by atoms with E-state index in [1.54, 1.807) is 24.3 Å². The molecule has 6 heteroatoms. The largest absolute Gasteiger partial charge is 0.378 e. The number of halogens is 1. The number of morpholine rings is 1. The van der Waals surface area contributed by atoms with Gasteiger partial charge in [0.15, 0.2) is 5.17 Å². The van der Waals surface area contributed by atoms with Crippen molar-refractivity contribution in [3.8, 4) is 0 Å². The van der Waals surface area contributed by atoms with E-state index in [0.717, 1.165) is 23.8 Å². The Hall–Kier alpha value is -1.92. The van der Waals surface area contributed by atoms with Crippen LogP contribution in [-0.4, -0.2) is 42.3 Å². The second kappa shape index (κ2) is 6.89. The van der Waals surface area contributed by atoms with Gasteiger partial charge in [0, 0.05) is 13.1 Å². The minimum atomic E-state index is -0.263. The van der Waals surface area contributed by atoms with E-state index in [1.165, 1.54) is 23.9 Å². The number of rotatable bonds is 2. The van der Waals surface area contributed by atoms with Crippen LogP contribution in [0.1, 0.15) is 5.56 Å². The quantitative estimate of drug-likeness (QED) is 0.786. The molecule has 0 saturated carbocycles. The second-order valence-electron chi connectivity index (χ2n) is 4.84. The fourth-order valence-corrected chi connectivity index (χ4v) is 3.04. The van der Waals surface area contributed by atoms with Crippen LogP contribution in [0.5, 0.6) is 0 Å². The van der Waals surface area contributed by atoms with E-state index in [1.807, 2.05) is 6.08 Å². The van der Waals surface area contributed by atoms with Gasteiger partial charge in [-0.25, -0.2) is 4.39 Å². The zero-order chi connectivity index (χ0) is 15.4. The maximum atomic E-state index is 12.8. The third-order valence-electron chi connectivity index (χ3n) is 3.30. The molecule has 1 saturated heterocycles. The van der Waals surface area contributed by atoms with Gasteiger partial charge in [-0.05, 0) is 35.5 Å². The van der Waals surface area contributed by atoms with E-state index in [4.69, 9.17) is 4.74 Å². The highest BCUT2D eigenvalue weighted by molar-refractivity contribution is 8.18. The Morgan fingerprint density at radius 2 is 1.95 bits per heavy atom. The average molecular weight is 318 g/mol. The lowest BCUT2D eigenvalue weighted by Gasteiger charge is -2.27. The van der Waals surface area contributed by atoms with Crippen LogP contribution in [0.15, 0.2) is 46.3 Å². The van der Waals surface area contributed by atoms with Gasteiger partial charge in [-0.3, -0.25) is 4.79 Å². The number of amides is 1. The molecule has 2 aliphatic rings. The highest BCUT2D eigenvalue weighted by Crippen LogP contribution is 2.28. The van der Waals surface area contributed by atoms with Gasteiger partial charge < -0.3 is 9.64 Å². The number of aliphatic imine (C=N–C) groups is 1. The first-order valence-corrected chi connectivity index (χ1v) is 7.81. The number of amidine groups is 1. The SMILES string of the molecule is O=C1N=C(N2CCOCC2)SC1=CC=Cc1ccc(F)cc1. The lowest BCUT2D eigenvalue weighted by Crippen LogP contribution is -2.38. The van der Waals surface area contributed by atoms with Crippen LogP contribution in [0, 0.1) is 5.82 Å². The van der Waals surface area contributed by atoms with Crippen molar-refractivity contribution >= 4 is 28.9 Å². The smallest absolute Gasteiger partial charge is 0.286 e. The summed E-state index contributed by atoms with van der Waals surface area (Å²) in [6.45, 7) is 2.85. The van der Waals surface area contributed by atoms with Crippen molar-refractivity contribution in [3.63, 3.8) is 0 Å². The molecule has 1 amide bonds. The predicted molar refractivity (Wildman–Crippen MR) is 85.9 cm³/mol. The zero-order valence-corrected chi connectivity index (χ0v) is 12.7. The summed E-state index contributed by atoms with van der Waals surface area (Å²) >= 11 is 1.38. The molecule has 2 aliphatic heterocycles. The molecule has 1 aromatic rings. The van der Waals surface area contributed by atoms with Crippen LogP contribution in [-0.2, 0) is 9.53 Å². The Balaban J connectivity index is 1.63. The second-order valence-corrected chi connectivity index (χ2v) is 5.85. The predicted octanol–water partition coefficient (Wildman–Crippen LogP) is 2.68. The number of thioether (sulfide) groups is 1. The summed E-state index contributed by atoms with van der Waals surface area (Å²) in [4.78, 5) is 18.6. The molecule has 4 nitrogen and oxygen atoms in total. The van der Waals surface area contributed by atoms with Crippen LogP contribution in [0.4, 0.5) is 4.39 Å². The minimum Gasteiger partial charge on any atom is -0.378 e. The summed E-state index contributed by atoms with van der Waals surface area (Å²) in [7, 11) is 0. The van der Waals surface area contributed by atoms with Crippen LogP contribution >= 0.6 is 11.8 Å². The Labute approximate surface area is 132 Å². The van der Waals surface area contributed by atoms with Gasteiger partial charge in [-0.2, -0.15) is 4.99 Å². The Morgan fingerprint density at radius 1 is 1.23 bits per heavy atom. The molecule has 0 aliphatic carbocycles.